The zero-order valence-corrected chi connectivity index (χ0v) is 18.8. The molecule has 0 fully saturated rings. The lowest BCUT2D eigenvalue weighted by Crippen LogP contribution is -2.14. The van der Waals surface area contributed by atoms with Crippen molar-refractivity contribution in [2.24, 2.45) is 12.2 Å². The van der Waals surface area contributed by atoms with Crippen LogP contribution in [0.15, 0.2) is 47.5 Å². The molecule has 0 aliphatic carbocycles. The monoisotopic (exact) mass is 455 g/mol. The quantitative estimate of drug-likeness (QED) is 0.474. The second-order valence-corrected chi connectivity index (χ2v) is 9.01. The van der Waals surface area contributed by atoms with Crippen LogP contribution in [0.5, 0.6) is 0 Å². The van der Waals surface area contributed by atoms with Crippen LogP contribution in [-0.4, -0.2) is 35.2 Å². The summed E-state index contributed by atoms with van der Waals surface area (Å²) in [4.78, 5) is 10.4. The highest BCUT2D eigenvalue weighted by Gasteiger charge is 2.16. The maximum atomic E-state index is 14.7. The van der Waals surface area contributed by atoms with Gasteiger partial charge in [0.1, 0.15) is 11.6 Å². The van der Waals surface area contributed by atoms with Gasteiger partial charge in [-0.15, -0.1) is 0 Å². The Labute approximate surface area is 184 Å². The fraction of sp³-hybridized carbons (Fsp3) is 0.190. The Kier molecular flexibility index (Phi) is 5.31. The lowest BCUT2D eigenvalue weighted by molar-refractivity contribution is 0.597. The molecule has 11 heteroatoms. The number of primary sulfonamides is 1. The maximum Gasteiger partial charge on any atom is 0.238 e. The molecule has 0 aliphatic rings. The topological polar surface area (TPSA) is 119 Å². The molecule has 166 valence electrons. The molecular formula is C21H22FN7O2S. The van der Waals surface area contributed by atoms with Gasteiger partial charge in [0, 0.05) is 31.7 Å². The van der Waals surface area contributed by atoms with Crippen molar-refractivity contribution < 1.29 is 12.8 Å². The summed E-state index contributed by atoms with van der Waals surface area (Å²) in [7, 11) is -0.330. The molecule has 3 N–H and O–H groups in total. The average Bonchev–Trinajstić information content (AvgIpc) is 3.02. The summed E-state index contributed by atoms with van der Waals surface area (Å²) in [6.07, 6.45) is 1.55. The third kappa shape index (κ3) is 3.99. The van der Waals surface area contributed by atoms with E-state index in [0.29, 0.717) is 39.4 Å². The first-order valence-electron chi connectivity index (χ1n) is 9.64. The zero-order chi connectivity index (χ0) is 23.2. The van der Waals surface area contributed by atoms with Gasteiger partial charge in [-0.1, -0.05) is 6.07 Å². The molecule has 4 aromatic rings. The number of fused-ring (bicyclic) bond motifs is 1. The molecule has 0 atom stereocenters. The van der Waals surface area contributed by atoms with Gasteiger partial charge in [0.05, 0.1) is 21.5 Å². The molecule has 2 aromatic carbocycles. The van der Waals surface area contributed by atoms with Gasteiger partial charge in [-0.2, -0.15) is 10.1 Å². The van der Waals surface area contributed by atoms with E-state index in [1.54, 1.807) is 61.9 Å². The van der Waals surface area contributed by atoms with Crippen LogP contribution in [0.25, 0.3) is 10.9 Å². The molecule has 0 amide bonds. The number of nitrogens with zero attached hydrogens (tertiary/aromatic N) is 5. The molecule has 0 saturated heterocycles. The number of rotatable bonds is 5. The largest absolute Gasteiger partial charge is 0.329 e. The Hall–Kier alpha value is -3.57. The third-order valence-corrected chi connectivity index (χ3v) is 6.24. The van der Waals surface area contributed by atoms with Gasteiger partial charge in [-0.25, -0.2) is 22.9 Å². The number of benzene rings is 2. The van der Waals surface area contributed by atoms with E-state index in [4.69, 9.17) is 5.14 Å². The van der Waals surface area contributed by atoms with Crippen LogP contribution in [0, 0.1) is 19.7 Å². The van der Waals surface area contributed by atoms with E-state index in [-0.39, 0.29) is 16.7 Å². The molecule has 0 radical (unpaired) electrons. The predicted molar refractivity (Wildman–Crippen MR) is 121 cm³/mol. The van der Waals surface area contributed by atoms with Crippen molar-refractivity contribution in [3.63, 3.8) is 0 Å². The zero-order valence-electron chi connectivity index (χ0n) is 18.0. The number of halogens is 1. The van der Waals surface area contributed by atoms with Gasteiger partial charge >= 0.3 is 0 Å². The van der Waals surface area contributed by atoms with E-state index in [0.717, 1.165) is 0 Å². The molecular weight excluding hydrogens is 433 g/mol. The molecule has 9 nitrogen and oxygen atoms in total. The van der Waals surface area contributed by atoms with Gasteiger partial charge in [-0.3, -0.25) is 4.68 Å². The first kappa shape index (κ1) is 21.7. The van der Waals surface area contributed by atoms with Crippen LogP contribution >= 0.6 is 0 Å². The highest BCUT2D eigenvalue weighted by atomic mass is 32.2. The highest BCUT2D eigenvalue weighted by molar-refractivity contribution is 7.89. The van der Waals surface area contributed by atoms with E-state index in [2.05, 4.69) is 20.4 Å². The normalized spacial score (nSPS) is 11.7. The summed E-state index contributed by atoms with van der Waals surface area (Å²) in [5.41, 5.74) is 2.90. The Morgan fingerprint density at radius 1 is 1.16 bits per heavy atom. The van der Waals surface area contributed by atoms with E-state index in [9.17, 15) is 12.8 Å². The Balaban J connectivity index is 1.67. The smallest absolute Gasteiger partial charge is 0.238 e. The number of hydrogen-bond donors (Lipinski definition) is 2. The van der Waals surface area contributed by atoms with Crippen LogP contribution in [0.4, 0.5) is 27.5 Å². The highest BCUT2D eigenvalue weighted by Crippen LogP contribution is 2.30. The first-order valence-corrected chi connectivity index (χ1v) is 11.2. The van der Waals surface area contributed by atoms with Crippen LogP contribution in [0.3, 0.4) is 0 Å². The number of hydrogen-bond acceptors (Lipinski definition) is 7. The van der Waals surface area contributed by atoms with Crippen LogP contribution < -0.4 is 15.4 Å². The maximum absolute atomic E-state index is 14.7. The van der Waals surface area contributed by atoms with Gasteiger partial charge in [-0.05, 0) is 49.7 Å². The summed E-state index contributed by atoms with van der Waals surface area (Å²) in [6, 6.07) is 9.74. The van der Waals surface area contributed by atoms with Crippen molar-refractivity contribution in [3.8, 4) is 0 Å². The van der Waals surface area contributed by atoms with Crippen LogP contribution in [0.1, 0.15) is 11.3 Å². The number of anilines is 4. The first-order chi connectivity index (χ1) is 15.0. The van der Waals surface area contributed by atoms with Gasteiger partial charge < -0.3 is 10.2 Å². The van der Waals surface area contributed by atoms with Crippen molar-refractivity contribution in [2.45, 2.75) is 18.7 Å². The van der Waals surface area contributed by atoms with Gasteiger partial charge in [0.2, 0.25) is 16.0 Å². The SMILES string of the molecule is Cc1ccc(Nc2nccc(N(C)c3cc(F)c4c(C)nn(C)c4c3)n2)cc1S(N)(=O)=O. The van der Waals surface area contributed by atoms with E-state index in [1.807, 2.05) is 6.07 Å². The van der Waals surface area contributed by atoms with Crippen LogP contribution in [-0.2, 0) is 17.1 Å². The minimum absolute atomic E-state index is 0.0195. The molecule has 32 heavy (non-hydrogen) atoms. The molecule has 0 saturated carbocycles. The molecule has 2 heterocycles. The average molecular weight is 456 g/mol. The molecule has 2 aromatic heterocycles. The lowest BCUT2D eigenvalue weighted by atomic mass is 10.1. The van der Waals surface area contributed by atoms with E-state index in [1.165, 1.54) is 12.1 Å². The van der Waals surface area contributed by atoms with Crippen molar-refractivity contribution in [1.29, 1.82) is 0 Å². The second-order valence-electron chi connectivity index (χ2n) is 7.48. The Bertz CT molecular complexity index is 1450. The summed E-state index contributed by atoms with van der Waals surface area (Å²) in [6.45, 7) is 3.43. The van der Waals surface area contributed by atoms with Crippen molar-refractivity contribution >= 4 is 44.1 Å². The van der Waals surface area contributed by atoms with Crippen molar-refractivity contribution in [3.05, 3.63) is 59.7 Å². The Morgan fingerprint density at radius 2 is 1.91 bits per heavy atom. The minimum Gasteiger partial charge on any atom is -0.329 e. The minimum atomic E-state index is -3.86. The van der Waals surface area contributed by atoms with E-state index >= 15 is 0 Å². The number of nitrogens with one attached hydrogen (secondary N) is 1. The predicted octanol–water partition coefficient (Wildman–Crippen LogP) is 3.28. The number of aryl methyl sites for hydroxylation is 3. The molecule has 0 spiro atoms. The number of nitrogens with two attached hydrogens (primary N) is 1. The van der Waals surface area contributed by atoms with Gasteiger partial charge in [0.15, 0.2) is 0 Å². The molecule has 0 bridgehead atoms. The Morgan fingerprint density at radius 3 is 2.62 bits per heavy atom. The number of aromatic nitrogens is 4. The summed E-state index contributed by atoms with van der Waals surface area (Å²) < 4.78 is 39.9. The molecule has 0 aliphatic heterocycles. The second kappa shape index (κ2) is 7.84. The lowest BCUT2D eigenvalue weighted by Gasteiger charge is -2.19. The summed E-state index contributed by atoms with van der Waals surface area (Å²) >= 11 is 0. The van der Waals surface area contributed by atoms with Gasteiger partial charge in [0.25, 0.3) is 0 Å². The standard InChI is InChI=1S/C21H22FN7O2S/c1-12-5-6-14(9-18(12)32(23,30)31)25-21-24-8-7-19(26-21)28(3)15-10-16(22)20-13(2)27-29(4)17(20)11-15/h5-11H,1-4H3,(H2,23,30,31)(H,24,25,26). The fourth-order valence-corrected chi connectivity index (χ4v) is 4.36. The molecule has 4 rings (SSSR count). The van der Waals surface area contributed by atoms with Crippen molar-refractivity contribution in [2.75, 3.05) is 17.3 Å². The fourth-order valence-electron chi connectivity index (χ4n) is 3.56. The number of sulfonamides is 1. The molecule has 0 unspecified atom stereocenters. The van der Waals surface area contributed by atoms with Crippen LogP contribution in [0.2, 0.25) is 0 Å². The summed E-state index contributed by atoms with van der Waals surface area (Å²) in [5.74, 6) is 0.396. The third-order valence-electron chi connectivity index (χ3n) is 5.19. The van der Waals surface area contributed by atoms with E-state index < -0.39 is 10.0 Å². The van der Waals surface area contributed by atoms with Crippen molar-refractivity contribution in [1.82, 2.24) is 19.7 Å². The summed E-state index contributed by atoms with van der Waals surface area (Å²) in [5, 5.41) is 13.0.